The number of aliphatic carboxylic acids is 1. The van der Waals surface area contributed by atoms with E-state index < -0.39 is 17.4 Å². The zero-order valence-corrected chi connectivity index (χ0v) is 18.3. The number of aromatic nitrogens is 4. The highest BCUT2D eigenvalue weighted by atomic mass is 16.4. The van der Waals surface area contributed by atoms with E-state index in [1.165, 1.54) is 4.80 Å². The number of tetrazole rings is 1. The molecule has 1 unspecified atom stereocenters. The minimum Gasteiger partial charge on any atom is -0.481 e. The van der Waals surface area contributed by atoms with Crippen LogP contribution >= 0.6 is 0 Å². The minimum absolute atomic E-state index is 0.176. The third-order valence-corrected chi connectivity index (χ3v) is 6.26. The molecule has 1 saturated carbocycles. The summed E-state index contributed by atoms with van der Waals surface area (Å²) < 4.78 is 0. The molecule has 8 nitrogen and oxygen atoms in total. The summed E-state index contributed by atoms with van der Waals surface area (Å²) in [6.45, 7) is 1.85. The van der Waals surface area contributed by atoms with Gasteiger partial charge in [-0.05, 0) is 48.2 Å². The van der Waals surface area contributed by atoms with E-state index in [0.29, 0.717) is 24.4 Å². The summed E-state index contributed by atoms with van der Waals surface area (Å²) in [5.41, 5.74) is 1.89. The molecule has 1 aliphatic carbocycles. The number of hydrogen-bond donors (Lipinski definition) is 1. The first kappa shape index (κ1) is 21.7. The number of carbonyl (C=O) groups excluding carboxylic acids is 1. The van der Waals surface area contributed by atoms with Crippen LogP contribution in [-0.4, -0.2) is 37.2 Å². The van der Waals surface area contributed by atoms with Crippen molar-refractivity contribution >= 4 is 17.6 Å². The van der Waals surface area contributed by atoms with Gasteiger partial charge in [0, 0.05) is 5.69 Å². The van der Waals surface area contributed by atoms with E-state index >= 15 is 0 Å². The second kappa shape index (κ2) is 8.90. The van der Waals surface area contributed by atoms with E-state index in [0.717, 1.165) is 24.0 Å². The molecule has 0 aliphatic heterocycles. The Balaban J connectivity index is 1.74. The van der Waals surface area contributed by atoms with Gasteiger partial charge in [-0.15, -0.1) is 10.2 Å². The molecular weight excluding hydrogens is 406 g/mol. The highest BCUT2D eigenvalue weighted by molar-refractivity contribution is 6.00. The zero-order valence-electron chi connectivity index (χ0n) is 18.3. The van der Waals surface area contributed by atoms with Crippen LogP contribution in [-0.2, 0) is 16.6 Å². The van der Waals surface area contributed by atoms with Crippen LogP contribution in [0.15, 0.2) is 54.6 Å². The Morgan fingerprint density at radius 3 is 2.25 bits per heavy atom. The molecule has 0 saturated heterocycles. The van der Waals surface area contributed by atoms with Crippen LogP contribution < -0.4 is 4.90 Å². The average molecular weight is 434 g/mol. The molecule has 4 rings (SSSR count). The summed E-state index contributed by atoms with van der Waals surface area (Å²) in [5.74, 6) is -0.730. The predicted molar refractivity (Wildman–Crippen MR) is 120 cm³/mol. The fourth-order valence-electron chi connectivity index (χ4n) is 4.61. The molecule has 1 atom stereocenters. The van der Waals surface area contributed by atoms with Crippen LogP contribution in [0.1, 0.15) is 50.9 Å². The monoisotopic (exact) mass is 433 g/mol. The maximum atomic E-state index is 14.0. The Bertz CT molecular complexity index is 1090. The van der Waals surface area contributed by atoms with Crippen molar-refractivity contribution in [3.8, 4) is 11.1 Å². The van der Waals surface area contributed by atoms with Gasteiger partial charge in [0.05, 0.1) is 24.9 Å². The van der Waals surface area contributed by atoms with Crippen molar-refractivity contribution in [3.05, 3.63) is 60.4 Å². The lowest BCUT2D eigenvalue weighted by atomic mass is 9.80. The van der Waals surface area contributed by atoms with E-state index in [-0.39, 0.29) is 12.3 Å². The number of carboxylic acids is 1. The van der Waals surface area contributed by atoms with Crippen molar-refractivity contribution in [3.63, 3.8) is 0 Å². The van der Waals surface area contributed by atoms with E-state index in [4.69, 9.17) is 0 Å². The van der Waals surface area contributed by atoms with E-state index in [9.17, 15) is 14.7 Å². The van der Waals surface area contributed by atoms with Crippen molar-refractivity contribution in [2.75, 3.05) is 4.90 Å². The van der Waals surface area contributed by atoms with Crippen molar-refractivity contribution in [2.24, 2.45) is 12.5 Å². The SMILES string of the molecule is CC(c1nnn(C)n1)N(C(=O)C1(CC(=O)O)CCCC1)c1ccc(-c2ccccc2)cc1. The number of carboxylic acid groups (broad SMARTS) is 1. The Labute approximate surface area is 186 Å². The van der Waals surface area contributed by atoms with E-state index in [2.05, 4.69) is 15.4 Å². The smallest absolute Gasteiger partial charge is 0.304 e. The van der Waals surface area contributed by atoms with Crippen molar-refractivity contribution < 1.29 is 14.7 Å². The van der Waals surface area contributed by atoms with Crippen LogP contribution in [0.3, 0.4) is 0 Å². The number of nitrogens with zero attached hydrogens (tertiary/aromatic N) is 5. The third kappa shape index (κ3) is 4.26. The standard InChI is InChI=1S/C24H27N5O3/c1-17(22-25-27-28(2)26-22)29(23(32)24(16-21(30)31)14-6-7-15-24)20-12-10-19(11-13-20)18-8-4-3-5-9-18/h3-5,8-13,17H,6-7,14-16H2,1-2H3,(H,30,31). The summed E-state index contributed by atoms with van der Waals surface area (Å²) in [7, 11) is 1.67. The summed E-state index contributed by atoms with van der Waals surface area (Å²) in [6, 6.07) is 17.2. The van der Waals surface area contributed by atoms with Crippen molar-refractivity contribution in [1.29, 1.82) is 0 Å². The molecule has 1 aromatic heterocycles. The number of hydrogen-bond acceptors (Lipinski definition) is 5. The molecule has 0 bridgehead atoms. The summed E-state index contributed by atoms with van der Waals surface area (Å²) >= 11 is 0. The number of carbonyl (C=O) groups is 2. The van der Waals surface area contributed by atoms with Gasteiger partial charge in [-0.3, -0.25) is 9.59 Å². The molecule has 32 heavy (non-hydrogen) atoms. The van der Waals surface area contributed by atoms with Gasteiger partial charge in [0.2, 0.25) is 5.91 Å². The lowest BCUT2D eigenvalue weighted by Crippen LogP contribution is -2.45. The fraction of sp³-hybridized carbons (Fsp3) is 0.375. The van der Waals surface area contributed by atoms with Gasteiger partial charge in [0.15, 0.2) is 5.82 Å². The second-order valence-corrected chi connectivity index (χ2v) is 8.46. The van der Waals surface area contributed by atoms with E-state index in [1.54, 1.807) is 11.9 Å². The van der Waals surface area contributed by atoms with Crippen LogP contribution in [0, 0.1) is 5.41 Å². The van der Waals surface area contributed by atoms with Gasteiger partial charge in [-0.25, -0.2) is 0 Å². The first-order chi connectivity index (χ1) is 15.4. The molecule has 2 aromatic carbocycles. The first-order valence-corrected chi connectivity index (χ1v) is 10.8. The number of benzene rings is 2. The predicted octanol–water partition coefficient (Wildman–Crippen LogP) is 4.01. The minimum atomic E-state index is -0.954. The molecule has 1 N–H and O–H groups in total. The normalized spacial score (nSPS) is 15.9. The molecule has 1 fully saturated rings. The zero-order chi connectivity index (χ0) is 22.7. The maximum absolute atomic E-state index is 14.0. The Kier molecular flexibility index (Phi) is 6.03. The summed E-state index contributed by atoms with van der Waals surface area (Å²) in [6.07, 6.45) is 2.65. The highest BCUT2D eigenvalue weighted by Crippen LogP contribution is 2.45. The highest BCUT2D eigenvalue weighted by Gasteiger charge is 2.47. The molecule has 0 spiro atoms. The van der Waals surface area contributed by atoms with Crippen LogP contribution in [0.5, 0.6) is 0 Å². The lowest BCUT2D eigenvalue weighted by Gasteiger charge is -2.36. The molecule has 8 heteroatoms. The Morgan fingerprint density at radius 2 is 1.69 bits per heavy atom. The molecule has 1 amide bonds. The van der Waals surface area contributed by atoms with E-state index in [1.807, 2.05) is 61.5 Å². The van der Waals surface area contributed by atoms with Crippen LogP contribution in [0.25, 0.3) is 11.1 Å². The van der Waals surface area contributed by atoms with Crippen molar-refractivity contribution in [1.82, 2.24) is 20.2 Å². The molecule has 1 heterocycles. The van der Waals surface area contributed by atoms with Gasteiger partial charge >= 0.3 is 5.97 Å². The molecule has 0 radical (unpaired) electrons. The first-order valence-electron chi connectivity index (χ1n) is 10.8. The van der Waals surface area contributed by atoms with Gasteiger partial charge < -0.3 is 10.0 Å². The quantitative estimate of drug-likeness (QED) is 0.604. The number of aryl methyl sites for hydroxylation is 1. The Morgan fingerprint density at radius 1 is 1.06 bits per heavy atom. The number of amides is 1. The summed E-state index contributed by atoms with van der Waals surface area (Å²) in [5, 5.41) is 21.9. The molecule has 1 aliphatic rings. The average Bonchev–Trinajstić information content (AvgIpc) is 3.44. The lowest BCUT2D eigenvalue weighted by molar-refractivity contribution is -0.144. The molecule has 166 valence electrons. The number of rotatable bonds is 7. The Hall–Kier alpha value is -3.55. The van der Waals surface area contributed by atoms with Gasteiger partial charge in [-0.1, -0.05) is 55.3 Å². The van der Waals surface area contributed by atoms with Crippen molar-refractivity contribution in [2.45, 2.75) is 45.1 Å². The summed E-state index contributed by atoms with van der Waals surface area (Å²) in [4.78, 5) is 28.6. The largest absolute Gasteiger partial charge is 0.481 e. The molecule has 3 aromatic rings. The van der Waals surface area contributed by atoms with Gasteiger partial charge in [0.1, 0.15) is 0 Å². The fourth-order valence-corrected chi connectivity index (χ4v) is 4.61. The molecular formula is C24H27N5O3. The third-order valence-electron chi connectivity index (χ3n) is 6.26. The number of anilines is 1. The van der Waals surface area contributed by atoms with Gasteiger partial charge in [-0.2, -0.15) is 4.80 Å². The second-order valence-electron chi connectivity index (χ2n) is 8.46. The topological polar surface area (TPSA) is 101 Å². The van der Waals surface area contributed by atoms with Crippen LogP contribution in [0.4, 0.5) is 5.69 Å². The maximum Gasteiger partial charge on any atom is 0.304 e. The van der Waals surface area contributed by atoms with Gasteiger partial charge in [0.25, 0.3) is 0 Å². The van der Waals surface area contributed by atoms with Crippen LogP contribution in [0.2, 0.25) is 0 Å².